The maximum Gasteiger partial charge on any atom is 0.260 e. The van der Waals surface area contributed by atoms with Crippen molar-refractivity contribution in [2.24, 2.45) is 0 Å². The molecule has 0 aliphatic heterocycles. The van der Waals surface area contributed by atoms with Gasteiger partial charge in [0.1, 0.15) is 5.15 Å². The largest absolute Gasteiger partial charge is 0.384 e. The van der Waals surface area contributed by atoms with Crippen LogP contribution < -0.4 is 10.6 Å². The fourth-order valence-corrected chi connectivity index (χ4v) is 2.09. The van der Waals surface area contributed by atoms with Crippen molar-refractivity contribution < 1.29 is 4.79 Å². The van der Waals surface area contributed by atoms with Crippen LogP contribution in [0, 0.1) is 6.92 Å². The van der Waals surface area contributed by atoms with Gasteiger partial charge in [-0.2, -0.15) is 0 Å². The monoisotopic (exact) mass is 304 g/mol. The number of benzene rings is 1. The molecule has 0 bridgehead atoms. The summed E-state index contributed by atoms with van der Waals surface area (Å²) in [6.45, 7) is 4.66. The quantitative estimate of drug-likeness (QED) is 0.830. The molecule has 0 radical (unpaired) electrons. The second-order valence-corrected chi connectivity index (χ2v) is 4.97. The van der Waals surface area contributed by atoms with E-state index in [9.17, 15) is 4.79 Å². The van der Waals surface area contributed by atoms with E-state index in [1.165, 1.54) is 0 Å². The Morgan fingerprint density at radius 1 is 1.29 bits per heavy atom. The fraction of sp³-hybridized carbons (Fsp3) is 0.267. The molecule has 110 valence electrons. The van der Waals surface area contributed by atoms with E-state index in [1.54, 1.807) is 19.1 Å². The van der Waals surface area contributed by atoms with Gasteiger partial charge in [0.2, 0.25) is 5.95 Å². The number of anilines is 2. The number of aryl methyl sites for hydroxylation is 1. The van der Waals surface area contributed by atoms with Crippen LogP contribution in [0.15, 0.2) is 30.3 Å². The summed E-state index contributed by atoms with van der Waals surface area (Å²) in [6, 6.07) is 8.96. The first-order valence-corrected chi connectivity index (χ1v) is 7.13. The lowest BCUT2D eigenvalue weighted by molar-refractivity contribution is 0.102. The van der Waals surface area contributed by atoms with Gasteiger partial charge in [0.25, 0.3) is 5.91 Å². The van der Waals surface area contributed by atoms with Gasteiger partial charge in [0, 0.05) is 17.9 Å². The summed E-state index contributed by atoms with van der Waals surface area (Å²) in [5.74, 6) is -0.0637. The zero-order chi connectivity index (χ0) is 15.2. The third kappa shape index (κ3) is 4.16. The van der Waals surface area contributed by atoms with Gasteiger partial charge in [-0.15, -0.1) is 0 Å². The van der Waals surface area contributed by atoms with E-state index in [4.69, 9.17) is 11.6 Å². The van der Waals surface area contributed by atoms with E-state index in [0.29, 0.717) is 16.4 Å². The van der Waals surface area contributed by atoms with Gasteiger partial charge in [0.05, 0.1) is 5.56 Å². The molecule has 2 rings (SSSR count). The van der Waals surface area contributed by atoms with Crippen LogP contribution in [0.1, 0.15) is 29.4 Å². The van der Waals surface area contributed by atoms with Gasteiger partial charge in [-0.1, -0.05) is 30.7 Å². The minimum Gasteiger partial charge on any atom is -0.384 e. The highest BCUT2D eigenvalue weighted by atomic mass is 35.5. The number of carbonyl (C=O) groups is 1. The van der Waals surface area contributed by atoms with E-state index in [-0.39, 0.29) is 11.9 Å². The molecule has 1 heterocycles. The van der Waals surface area contributed by atoms with Crippen LogP contribution >= 0.6 is 11.6 Å². The van der Waals surface area contributed by atoms with E-state index >= 15 is 0 Å². The predicted molar refractivity (Wildman–Crippen MR) is 85.0 cm³/mol. The molecule has 0 fully saturated rings. The number of amides is 1. The number of rotatable bonds is 5. The molecule has 0 aliphatic carbocycles. The summed E-state index contributed by atoms with van der Waals surface area (Å²) in [7, 11) is 0. The highest BCUT2D eigenvalue weighted by molar-refractivity contribution is 6.29. The average Bonchev–Trinajstić information content (AvgIpc) is 2.44. The number of hydrogen-bond acceptors (Lipinski definition) is 4. The van der Waals surface area contributed by atoms with Crippen LogP contribution in [-0.2, 0) is 0 Å². The summed E-state index contributed by atoms with van der Waals surface area (Å²) in [5, 5.41) is 6.20. The Kier molecular flexibility index (Phi) is 5.11. The maximum absolute atomic E-state index is 12.3. The Morgan fingerprint density at radius 2 is 2.05 bits per heavy atom. The third-order valence-corrected chi connectivity index (χ3v) is 2.98. The molecule has 0 saturated heterocycles. The molecule has 0 saturated carbocycles. The van der Waals surface area contributed by atoms with Crippen molar-refractivity contribution in [2.45, 2.75) is 20.3 Å². The first kappa shape index (κ1) is 15.3. The smallest absolute Gasteiger partial charge is 0.260 e. The van der Waals surface area contributed by atoms with E-state index in [1.807, 2.05) is 18.2 Å². The SMILES string of the molecule is CCCNc1ccccc1C(=O)Nc1nc(C)cc(Cl)n1. The van der Waals surface area contributed by atoms with Gasteiger partial charge in [-0.05, 0) is 31.5 Å². The second-order valence-electron chi connectivity index (χ2n) is 4.58. The lowest BCUT2D eigenvalue weighted by Crippen LogP contribution is -2.17. The number of hydrogen-bond donors (Lipinski definition) is 2. The number of nitrogens with one attached hydrogen (secondary N) is 2. The number of aromatic nitrogens is 2. The molecule has 21 heavy (non-hydrogen) atoms. The van der Waals surface area contributed by atoms with Crippen molar-refractivity contribution in [2.75, 3.05) is 17.2 Å². The Hall–Kier alpha value is -2.14. The number of para-hydroxylation sites is 1. The van der Waals surface area contributed by atoms with Crippen LogP contribution in [0.25, 0.3) is 0 Å². The summed E-state index contributed by atoms with van der Waals surface area (Å²) < 4.78 is 0. The summed E-state index contributed by atoms with van der Waals surface area (Å²) >= 11 is 5.86. The van der Waals surface area contributed by atoms with Crippen LogP contribution in [0.2, 0.25) is 5.15 Å². The fourth-order valence-electron chi connectivity index (χ4n) is 1.85. The highest BCUT2D eigenvalue weighted by Crippen LogP contribution is 2.17. The Bertz CT molecular complexity index is 625. The number of nitrogens with zero attached hydrogens (tertiary/aromatic N) is 2. The number of halogens is 1. The van der Waals surface area contributed by atoms with E-state index < -0.39 is 0 Å². The van der Waals surface area contributed by atoms with E-state index in [2.05, 4.69) is 27.5 Å². The van der Waals surface area contributed by atoms with E-state index in [0.717, 1.165) is 18.7 Å². The van der Waals surface area contributed by atoms with Gasteiger partial charge in [0.15, 0.2) is 0 Å². The van der Waals surface area contributed by atoms with Gasteiger partial charge >= 0.3 is 0 Å². The molecule has 5 nitrogen and oxygen atoms in total. The minimum atomic E-state index is -0.268. The average molecular weight is 305 g/mol. The molecular weight excluding hydrogens is 288 g/mol. The molecular formula is C15H17ClN4O. The third-order valence-electron chi connectivity index (χ3n) is 2.79. The number of carbonyl (C=O) groups excluding carboxylic acids is 1. The predicted octanol–water partition coefficient (Wildman–Crippen LogP) is 3.51. The van der Waals surface area contributed by atoms with Crippen molar-refractivity contribution in [3.8, 4) is 0 Å². The molecule has 1 aromatic heterocycles. The molecule has 1 amide bonds. The lowest BCUT2D eigenvalue weighted by Gasteiger charge is -2.11. The minimum absolute atomic E-state index is 0.204. The molecule has 0 unspecified atom stereocenters. The molecule has 6 heteroatoms. The lowest BCUT2D eigenvalue weighted by atomic mass is 10.1. The van der Waals surface area contributed by atoms with Gasteiger partial charge in [-0.3, -0.25) is 10.1 Å². The van der Waals surface area contributed by atoms with Crippen molar-refractivity contribution >= 4 is 29.1 Å². The maximum atomic E-state index is 12.3. The summed E-state index contributed by atoms with van der Waals surface area (Å²) in [5.41, 5.74) is 2.03. The Morgan fingerprint density at radius 3 is 2.76 bits per heavy atom. The molecule has 2 N–H and O–H groups in total. The first-order chi connectivity index (χ1) is 10.1. The zero-order valence-corrected chi connectivity index (χ0v) is 12.7. The first-order valence-electron chi connectivity index (χ1n) is 6.75. The molecule has 0 atom stereocenters. The van der Waals surface area contributed by atoms with Crippen LogP contribution in [-0.4, -0.2) is 22.4 Å². The molecule has 0 aliphatic rings. The summed E-state index contributed by atoms with van der Waals surface area (Å²) in [4.78, 5) is 20.5. The standard InChI is InChI=1S/C15H17ClN4O/c1-3-8-17-12-7-5-4-6-11(12)14(21)20-15-18-10(2)9-13(16)19-15/h4-7,9,17H,3,8H2,1-2H3,(H,18,19,20,21). The van der Waals surface area contributed by atoms with Crippen LogP contribution in [0.3, 0.4) is 0 Å². The van der Waals surface area contributed by atoms with Crippen molar-refractivity contribution in [1.82, 2.24) is 9.97 Å². The normalized spacial score (nSPS) is 10.2. The van der Waals surface area contributed by atoms with Crippen molar-refractivity contribution in [3.05, 3.63) is 46.7 Å². The molecule has 2 aromatic rings. The molecule has 1 aromatic carbocycles. The molecule has 0 spiro atoms. The topological polar surface area (TPSA) is 66.9 Å². The van der Waals surface area contributed by atoms with Crippen LogP contribution in [0.5, 0.6) is 0 Å². The van der Waals surface area contributed by atoms with Crippen molar-refractivity contribution in [1.29, 1.82) is 0 Å². The van der Waals surface area contributed by atoms with Gasteiger partial charge in [-0.25, -0.2) is 9.97 Å². The second kappa shape index (κ2) is 7.04. The zero-order valence-electron chi connectivity index (χ0n) is 12.0. The van der Waals surface area contributed by atoms with Crippen LogP contribution in [0.4, 0.5) is 11.6 Å². The van der Waals surface area contributed by atoms with Crippen molar-refractivity contribution in [3.63, 3.8) is 0 Å². The summed E-state index contributed by atoms with van der Waals surface area (Å²) in [6.07, 6.45) is 0.979. The highest BCUT2D eigenvalue weighted by Gasteiger charge is 2.12. The Balaban J connectivity index is 2.20. The Labute approximate surface area is 128 Å². The van der Waals surface area contributed by atoms with Gasteiger partial charge < -0.3 is 5.32 Å².